The molecule has 3 N–H and O–H groups in total. The lowest BCUT2D eigenvalue weighted by molar-refractivity contribution is -0.141. The van der Waals surface area contributed by atoms with Gasteiger partial charge in [-0.25, -0.2) is 9.59 Å². The van der Waals surface area contributed by atoms with E-state index in [0.29, 0.717) is 13.2 Å². The van der Waals surface area contributed by atoms with Gasteiger partial charge in [0.15, 0.2) is 0 Å². The Morgan fingerprint density at radius 1 is 1.32 bits per heavy atom. The van der Waals surface area contributed by atoms with Crippen molar-refractivity contribution >= 4 is 12.0 Å². The van der Waals surface area contributed by atoms with Crippen LogP contribution in [0.4, 0.5) is 4.79 Å². The molecule has 1 unspecified atom stereocenters. The number of carbonyl (C=O) groups is 2. The molecule has 2 fully saturated rings. The number of rotatable bonds is 2. The van der Waals surface area contributed by atoms with Crippen LogP contribution in [-0.4, -0.2) is 88.2 Å². The second-order valence-electron chi connectivity index (χ2n) is 4.78. The summed E-state index contributed by atoms with van der Waals surface area (Å²) in [7, 11) is 0. The van der Waals surface area contributed by atoms with Gasteiger partial charge in [0.1, 0.15) is 6.04 Å². The topological polar surface area (TPSA) is 111 Å². The van der Waals surface area contributed by atoms with Crippen LogP contribution in [-0.2, 0) is 9.53 Å². The van der Waals surface area contributed by atoms with Crippen LogP contribution in [0.15, 0.2) is 0 Å². The second-order valence-corrected chi connectivity index (χ2v) is 4.78. The van der Waals surface area contributed by atoms with Crippen LogP contribution in [0.3, 0.4) is 0 Å². The predicted octanol–water partition coefficient (Wildman–Crippen LogP) is -1.68. The number of morpholine rings is 1. The number of aliphatic hydroxyl groups is 2. The van der Waals surface area contributed by atoms with Crippen molar-refractivity contribution in [3.05, 3.63) is 0 Å². The molecule has 0 radical (unpaired) electrons. The Labute approximate surface area is 110 Å². The molecule has 2 saturated heterocycles. The van der Waals surface area contributed by atoms with Gasteiger partial charge >= 0.3 is 12.0 Å². The van der Waals surface area contributed by atoms with E-state index in [1.54, 1.807) is 0 Å². The Morgan fingerprint density at radius 2 is 2.05 bits per heavy atom. The fourth-order valence-electron chi connectivity index (χ4n) is 2.48. The lowest BCUT2D eigenvalue weighted by Crippen LogP contribution is -2.56. The lowest BCUT2D eigenvalue weighted by atomic mass is 10.2. The van der Waals surface area contributed by atoms with Crippen LogP contribution >= 0.6 is 0 Å². The van der Waals surface area contributed by atoms with Crippen molar-refractivity contribution in [3.8, 4) is 0 Å². The van der Waals surface area contributed by atoms with Gasteiger partial charge in [-0.05, 0) is 0 Å². The van der Waals surface area contributed by atoms with E-state index in [0.717, 1.165) is 4.90 Å². The molecule has 0 saturated carbocycles. The van der Waals surface area contributed by atoms with Crippen LogP contribution in [0, 0.1) is 0 Å². The summed E-state index contributed by atoms with van der Waals surface area (Å²) in [5.74, 6) is -1.13. The van der Waals surface area contributed by atoms with E-state index in [2.05, 4.69) is 0 Å². The van der Waals surface area contributed by atoms with Gasteiger partial charge in [0.25, 0.3) is 0 Å². The first-order chi connectivity index (χ1) is 9.04. The van der Waals surface area contributed by atoms with Crippen LogP contribution in [0.2, 0.25) is 0 Å². The van der Waals surface area contributed by atoms with E-state index >= 15 is 0 Å². The van der Waals surface area contributed by atoms with Crippen molar-refractivity contribution < 1.29 is 29.6 Å². The number of urea groups is 1. The average molecular weight is 274 g/mol. The van der Waals surface area contributed by atoms with Crippen molar-refractivity contribution in [2.45, 2.75) is 24.6 Å². The molecule has 2 heterocycles. The van der Waals surface area contributed by atoms with E-state index in [4.69, 9.17) is 9.84 Å². The van der Waals surface area contributed by atoms with E-state index in [1.165, 1.54) is 4.90 Å². The molecule has 8 nitrogen and oxygen atoms in total. The molecule has 2 aliphatic rings. The third-order valence-electron chi connectivity index (χ3n) is 3.49. The summed E-state index contributed by atoms with van der Waals surface area (Å²) in [5.41, 5.74) is 0. The number of likely N-dealkylation sites (tertiary alicyclic amines) is 1. The first-order valence-electron chi connectivity index (χ1n) is 6.21. The second kappa shape index (κ2) is 5.72. The number of aliphatic hydroxyl groups excluding tert-OH is 2. The Kier molecular flexibility index (Phi) is 4.23. The molecule has 8 heteroatoms. The Bertz CT molecular complexity index is 363. The molecule has 0 aromatic rings. The summed E-state index contributed by atoms with van der Waals surface area (Å²) in [6, 6.07) is -1.94. The summed E-state index contributed by atoms with van der Waals surface area (Å²) in [6.07, 6.45) is -0.784. The molecule has 0 aromatic heterocycles. The van der Waals surface area contributed by atoms with Gasteiger partial charge in [0, 0.05) is 19.5 Å². The third-order valence-corrected chi connectivity index (χ3v) is 3.49. The van der Waals surface area contributed by atoms with Crippen molar-refractivity contribution in [2.24, 2.45) is 0 Å². The minimum atomic E-state index is -1.13. The highest BCUT2D eigenvalue weighted by Gasteiger charge is 2.42. The Morgan fingerprint density at radius 3 is 2.68 bits per heavy atom. The fourth-order valence-corrected chi connectivity index (χ4v) is 2.48. The quantitative estimate of drug-likeness (QED) is 0.554. The molecule has 108 valence electrons. The molecular weight excluding hydrogens is 256 g/mol. The lowest BCUT2D eigenvalue weighted by Gasteiger charge is -2.37. The Hall–Kier alpha value is -1.38. The zero-order valence-corrected chi connectivity index (χ0v) is 10.4. The number of amides is 2. The van der Waals surface area contributed by atoms with Gasteiger partial charge in [-0.1, -0.05) is 0 Å². The third kappa shape index (κ3) is 2.80. The molecule has 2 rings (SSSR count). The maximum absolute atomic E-state index is 12.3. The van der Waals surface area contributed by atoms with Gasteiger partial charge in [-0.15, -0.1) is 0 Å². The molecule has 0 aliphatic carbocycles. The number of β-amino-alcohol motifs (C(OH)–C–C–N with tert-alkyl or cyclic N) is 1. The predicted molar refractivity (Wildman–Crippen MR) is 62.5 cm³/mol. The number of carbonyl (C=O) groups excluding carboxylic acids is 1. The molecule has 0 spiro atoms. The standard InChI is InChI=1S/C11H18N2O6/c14-5-7-6-19-2-1-12(7)11(18)13-4-8(15)3-9(13)10(16)17/h7-9,14-15H,1-6H2,(H,16,17)/t7?,8-,9-/m0/s1. The minimum Gasteiger partial charge on any atom is -0.480 e. The molecule has 19 heavy (non-hydrogen) atoms. The normalized spacial score (nSPS) is 31.6. The SMILES string of the molecule is O=C(O)[C@@H]1C[C@H](O)CN1C(=O)N1CCOCC1CO. The van der Waals surface area contributed by atoms with Crippen LogP contribution in [0.25, 0.3) is 0 Å². The molecule has 3 atom stereocenters. The number of carboxylic acids is 1. The zero-order chi connectivity index (χ0) is 14.0. The largest absolute Gasteiger partial charge is 0.480 e. The van der Waals surface area contributed by atoms with Gasteiger partial charge in [-0.2, -0.15) is 0 Å². The molecular formula is C11H18N2O6. The maximum Gasteiger partial charge on any atom is 0.326 e. The zero-order valence-electron chi connectivity index (χ0n) is 10.4. The molecule has 2 aliphatic heterocycles. The van der Waals surface area contributed by atoms with Crippen LogP contribution in [0.5, 0.6) is 0 Å². The molecule has 0 aromatic carbocycles. The van der Waals surface area contributed by atoms with Crippen molar-refractivity contribution in [1.29, 1.82) is 0 Å². The van der Waals surface area contributed by atoms with Gasteiger partial charge in [0.05, 0.1) is 32.0 Å². The fraction of sp³-hybridized carbons (Fsp3) is 0.818. The highest BCUT2D eigenvalue weighted by molar-refractivity contribution is 5.83. The number of hydrogen-bond acceptors (Lipinski definition) is 5. The van der Waals surface area contributed by atoms with Gasteiger partial charge in [0.2, 0.25) is 0 Å². The maximum atomic E-state index is 12.3. The van der Waals surface area contributed by atoms with E-state index in [9.17, 15) is 19.8 Å². The van der Waals surface area contributed by atoms with Crippen molar-refractivity contribution in [3.63, 3.8) is 0 Å². The molecule has 2 amide bonds. The Balaban J connectivity index is 2.11. The van der Waals surface area contributed by atoms with Gasteiger partial charge in [-0.3, -0.25) is 0 Å². The summed E-state index contributed by atoms with van der Waals surface area (Å²) >= 11 is 0. The van der Waals surface area contributed by atoms with Crippen LogP contribution in [0.1, 0.15) is 6.42 Å². The number of carboxylic acid groups (broad SMARTS) is 1. The average Bonchev–Trinajstić information content (AvgIpc) is 2.80. The van der Waals surface area contributed by atoms with E-state index < -0.39 is 30.2 Å². The monoisotopic (exact) mass is 274 g/mol. The van der Waals surface area contributed by atoms with Crippen LogP contribution < -0.4 is 0 Å². The number of hydrogen-bond donors (Lipinski definition) is 3. The van der Waals surface area contributed by atoms with Crippen molar-refractivity contribution in [1.82, 2.24) is 9.80 Å². The van der Waals surface area contributed by atoms with E-state index in [-0.39, 0.29) is 26.2 Å². The first-order valence-corrected chi connectivity index (χ1v) is 6.21. The highest BCUT2D eigenvalue weighted by Crippen LogP contribution is 2.21. The highest BCUT2D eigenvalue weighted by atomic mass is 16.5. The number of ether oxygens (including phenoxy) is 1. The summed E-state index contributed by atoms with van der Waals surface area (Å²) < 4.78 is 5.17. The van der Waals surface area contributed by atoms with Gasteiger partial charge < -0.3 is 29.9 Å². The summed E-state index contributed by atoms with van der Waals surface area (Å²) in [6.45, 7) is 0.668. The summed E-state index contributed by atoms with van der Waals surface area (Å²) in [5, 5.41) is 27.8. The van der Waals surface area contributed by atoms with Crippen molar-refractivity contribution in [2.75, 3.05) is 32.9 Å². The number of nitrogens with zero attached hydrogens (tertiary/aromatic N) is 2. The summed E-state index contributed by atoms with van der Waals surface area (Å²) in [4.78, 5) is 26.0. The van der Waals surface area contributed by atoms with E-state index in [1.807, 2.05) is 0 Å². The minimum absolute atomic E-state index is 0.00526. The smallest absolute Gasteiger partial charge is 0.326 e. The molecule has 0 bridgehead atoms. The number of aliphatic carboxylic acids is 1. The first kappa shape index (κ1) is 14.0.